The molecule has 21 heavy (non-hydrogen) atoms. The van der Waals surface area contributed by atoms with Crippen LogP contribution < -0.4 is 5.32 Å². The number of nitriles is 1. The van der Waals surface area contributed by atoms with Crippen molar-refractivity contribution in [3.05, 3.63) is 35.4 Å². The van der Waals surface area contributed by atoms with Crippen LogP contribution >= 0.6 is 12.4 Å². The largest absolute Gasteiger partial charge is 0.338 e. The Balaban J connectivity index is 0.00000161. The second kappa shape index (κ2) is 6.46. The number of amides is 1. The van der Waals surface area contributed by atoms with Gasteiger partial charge in [-0.2, -0.15) is 5.26 Å². The summed E-state index contributed by atoms with van der Waals surface area (Å²) < 4.78 is 0. The average molecular weight is 306 g/mol. The van der Waals surface area contributed by atoms with E-state index >= 15 is 0 Å². The van der Waals surface area contributed by atoms with E-state index in [4.69, 9.17) is 5.26 Å². The van der Waals surface area contributed by atoms with Gasteiger partial charge in [0.2, 0.25) is 0 Å². The van der Waals surface area contributed by atoms with Gasteiger partial charge in [-0.15, -0.1) is 12.4 Å². The molecule has 2 heterocycles. The molecule has 0 atom stereocenters. The first-order valence-corrected chi connectivity index (χ1v) is 7.23. The standard InChI is InChI=1S/C16H19N3O.ClH/c17-11-13-1-3-14(4-2-13)15(20)19-10-7-16(12-19)5-8-18-9-6-16;/h1-4,18H,5-10,12H2;1H. The number of halogens is 1. The smallest absolute Gasteiger partial charge is 0.253 e. The Bertz CT molecular complexity index is 544. The van der Waals surface area contributed by atoms with Crippen LogP contribution in [0, 0.1) is 16.7 Å². The van der Waals surface area contributed by atoms with Crippen molar-refractivity contribution in [3.8, 4) is 6.07 Å². The topological polar surface area (TPSA) is 56.1 Å². The number of carbonyl (C=O) groups is 1. The Kier molecular flexibility index (Phi) is 4.87. The molecule has 0 bridgehead atoms. The molecule has 1 spiro atoms. The molecule has 2 saturated heterocycles. The minimum atomic E-state index is 0. The molecule has 1 amide bonds. The number of nitrogens with zero attached hydrogens (tertiary/aromatic N) is 2. The first-order chi connectivity index (χ1) is 9.72. The molecular formula is C16H20ClN3O. The van der Waals surface area contributed by atoms with Crippen LogP contribution in [0.2, 0.25) is 0 Å². The van der Waals surface area contributed by atoms with Gasteiger partial charge in [0.25, 0.3) is 5.91 Å². The van der Waals surface area contributed by atoms with Crippen molar-refractivity contribution in [3.63, 3.8) is 0 Å². The van der Waals surface area contributed by atoms with Gasteiger partial charge in [-0.05, 0) is 62.0 Å². The van der Waals surface area contributed by atoms with Crippen LogP contribution in [-0.2, 0) is 0 Å². The minimum Gasteiger partial charge on any atom is -0.338 e. The van der Waals surface area contributed by atoms with Crippen LogP contribution in [0.1, 0.15) is 35.2 Å². The molecule has 0 saturated carbocycles. The molecule has 2 aliphatic rings. The maximum atomic E-state index is 12.5. The van der Waals surface area contributed by atoms with E-state index in [1.807, 2.05) is 4.90 Å². The van der Waals surface area contributed by atoms with E-state index in [-0.39, 0.29) is 18.3 Å². The summed E-state index contributed by atoms with van der Waals surface area (Å²) in [6.07, 6.45) is 3.46. The molecular weight excluding hydrogens is 286 g/mol. The number of likely N-dealkylation sites (tertiary alicyclic amines) is 1. The third kappa shape index (κ3) is 3.20. The van der Waals surface area contributed by atoms with Gasteiger partial charge in [0.05, 0.1) is 11.6 Å². The lowest BCUT2D eigenvalue weighted by molar-refractivity contribution is 0.0762. The van der Waals surface area contributed by atoms with Crippen molar-refractivity contribution < 1.29 is 4.79 Å². The summed E-state index contributed by atoms with van der Waals surface area (Å²) in [4.78, 5) is 14.5. The maximum Gasteiger partial charge on any atom is 0.253 e. The molecule has 3 rings (SSSR count). The third-order valence-electron chi connectivity index (χ3n) is 4.65. The van der Waals surface area contributed by atoms with Crippen LogP contribution in [0.15, 0.2) is 24.3 Å². The zero-order valence-electron chi connectivity index (χ0n) is 12.0. The number of nitrogens with one attached hydrogen (secondary N) is 1. The predicted molar refractivity (Wildman–Crippen MR) is 83.5 cm³/mol. The lowest BCUT2D eigenvalue weighted by atomic mass is 9.78. The minimum absolute atomic E-state index is 0. The van der Waals surface area contributed by atoms with E-state index in [0.717, 1.165) is 32.6 Å². The molecule has 2 fully saturated rings. The number of piperidine rings is 1. The average Bonchev–Trinajstić information content (AvgIpc) is 2.91. The van der Waals surface area contributed by atoms with Crippen molar-refractivity contribution in [1.82, 2.24) is 10.2 Å². The fourth-order valence-electron chi connectivity index (χ4n) is 3.34. The Morgan fingerprint density at radius 3 is 2.48 bits per heavy atom. The van der Waals surface area contributed by atoms with Crippen LogP contribution in [0.4, 0.5) is 0 Å². The maximum absolute atomic E-state index is 12.5. The van der Waals surface area contributed by atoms with E-state index in [0.29, 0.717) is 16.5 Å². The highest BCUT2D eigenvalue weighted by molar-refractivity contribution is 5.94. The van der Waals surface area contributed by atoms with Crippen molar-refractivity contribution in [1.29, 1.82) is 5.26 Å². The van der Waals surface area contributed by atoms with Crippen LogP contribution in [0.5, 0.6) is 0 Å². The molecule has 1 aromatic rings. The van der Waals surface area contributed by atoms with Gasteiger partial charge < -0.3 is 10.2 Å². The van der Waals surface area contributed by atoms with E-state index in [1.165, 1.54) is 12.8 Å². The van der Waals surface area contributed by atoms with Gasteiger partial charge in [-0.1, -0.05) is 0 Å². The normalized spacial score (nSPS) is 19.9. The van der Waals surface area contributed by atoms with Crippen molar-refractivity contribution in [2.45, 2.75) is 19.3 Å². The zero-order chi connectivity index (χ0) is 14.0. The molecule has 5 heteroatoms. The summed E-state index contributed by atoms with van der Waals surface area (Å²) in [5.41, 5.74) is 1.63. The molecule has 0 aromatic heterocycles. The van der Waals surface area contributed by atoms with Gasteiger partial charge >= 0.3 is 0 Å². The summed E-state index contributed by atoms with van der Waals surface area (Å²) in [7, 11) is 0. The monoisotopic (exact) mass is 305 g/mol. The summed E-state index contributed by atoms with van der Waals surface area (Å²) >= 11 is 0. The van der Waals surface area contributed by atoms with Crippen molar-refractivity contribution >= 4 is 18.3 Å². The molecule has 1 aromatic carbocycles. The van der Waals surface area contributed by atoms with Crippen LogP contribution in [0.25, 0.3) is 0 Å². The molecule has 4 nitrogen and oxygen atoms in total. The molecule has 0 radical (unpaired) electrons. The van der Waals surface area contributed by atoms with E-state index in [9.17, 15) is 4.79 Å². The van der Waals surface area contributed by atoms with E-state index in [2.05, 4.69) is 11.4 Å². The Morgan fingerprint density at radius 1 is 1.19 bits per heavy atom. The first-order valence-electron chi connectivity index (χ1n) is 7.23. The highest BCUT2D eigenvalue weighted by Gasteiger charge is 2.40. The summed E-state index contributed by atoms with van der Waals surface area (Å²) in [5.74, 6) is 0.102. The van der Waals surface area contributed by atoms with Crippen molar-refractivity contribution in [2.24, 2.45) is 5.41 Å². The Labute approximate surface area is 131 Å². The molecule has 112 valence electrons. The number of rotatable bonds is 1. The van der Waals surface area contributed by atoms with E-state index in [1.54, 1.807) is 24.3 Å². The Morgan fingerprint density at radius 2 is 1.86 bits per heavy atom. The molecule has 0 unspecified atom stereocenters. The lowest BCUT2D eigenvalue weighted by Crippen LogP contribution is -2.39. The van der Waals surface area contributed by atoms with Crippen LogP contribution in [-0.4, -0.2) is 37.0 Å². The fraction of sp³-hybridized carbons (Fsp3) is 0.500. The van der Waals surface area contributed by atoms with Gasteiger partial charge in [0.15, 0.2) is 0 Å². The first kappa shape index (κ1) is 15.8. The highest BCUT2D eigenvalue weighted by atomic mass is 35.5. The molecule has 1 N–H and O–H groups in total. The summed E-state index contributed by atoms with van der Waals surface area (Å²) in [6, 6.07) is 9.02. The van der Waals surface area contributed by atoms with Gasteiger partial charge in [0.1, 0.15) is 0 Å². The Hall–Kier alpha value is -1.57. The summed E-state index contributed by atoms with van der Waals surface area (Å²) in [5, 5.41) is 12.2. The van der Waals surface area contributed by atoms with Crippen molar-refractivity contribution in [2.75, 3.05) is 26.2 Å². The van der Waals surface area contributed by atoms with Gasteiger partial charge in [-0.25, -0.2) is 0 Å². The number of benzene rings is 1. The van der Waals surface area contributed by atoms with Crippen LogP contribution in [0.3, 0.4) is 0 Å². The number of hydrogen-bond acceptors (Lipinski definition) is 3. The fourth-order valence-corrected chi connectivity index (χ4v) is 3.34. The van der Waals surface area contributed by atoms with Gasteiger partial charge in [-0.3, -0.25) is 4.79 Å². The van der Waals surface area contributed by atoms with Gasteiger partial charge in [0, 0.05) is 18.7 Å². The highest BCUT2D eigenvalue weighted by Crippen LogP contribution is 2.38. The molecule has 2 aliphatic heterocycles. The lowest BCUT2D eigenvalue weighted by Gasteiger charge is -2.33. The summed E-state index contributed by atoms with van der Waals surface area (Å²) in [6.45, 7) is 3.88. The zero-order valence-corrected chi connectivity index (χ0v) is 12.8. The molecule has 0 aliphatic carbocycles. The third-order valence-corrected chi connectivity index (χ3v) is 4.65. The second-order valence-electron chi connectivity index (χ2n) is 5.92. The second-order valence-corrected chi connectivity index (χ2v) is 5.92. The quantitative estimate of drug-likeness (QED) is 0.865. The van der Waals surface area contributed by atoms with E-state index < -0.39 is 0 Å². The number of carbonyl (C=O) groups excluding carboxylic acids is 1. The number of hydrogen-bond donors (Lipinski definition) is 1. The SMILES string of the molecule is Cl.N#Cc1ccc(C(=O)N2CCC3(CCNCC3)C2)cc1. The predicted octanol–water partition coefficient (Wildman–Crippen LogP) is 2.20.